The molecule has 13 heavy (non-hydrogen) atoms. The number of halogens is 1. The van der Waals surface area contributed by atoms with Gasteiger partial charge < -0.3 is 5.73 Å². The average molecular weight is 184 g/mol. The third-order valence-corrected chi connectivity index (χ3v) is 1.69. The van der Waals surface area contributed by atoms with E-state index in [1.54, 1.807) is 6.92 Å². The quantitative estimate of drug-likeness (QED) is 0.562. The number of benzene rings is 1. The number of nitrogens with two attached hydrogens (primary N) is 1. The van der Waals surface area contributed by atoms with Crippen LogP contribution in [0.5, 0.6) is 0 Å². The number of nitro groups is 1. The van der Waals surface area contributed by atoms with Crippen LogP contribution >= 0.6 is 0 Å². The first kappa shape index (κ1) is 9.60. The summed E-state index contributed by atoms with van der Waals surface area (Å²) in [5.41, 5.74) is 5.50. The maximum atomic E-state index is 12.8. The molecule has 5 heteroatoms. The van der Waals surface area contributed by atoms with Gasteiger partial charge in [-0.3, -0.25) is 10.1 Å². The molecule has 1 rings (SSSR count). The summed E-state index contributed by atoms with van der Waals surface area (Å²) in [6.45, 7) is 1.68. The fraction of sp³-hybridized carbons (Fsp3) is 0.250. The van der Waals surface area contributed by atoms with E-state index < -0.39 is 16.4 Å². The van der Waals surface area contributed by atoms with E-state index >= 15 is 0 Å². The zero-order valence-electron chi connectivity index (χ0n) is 7.03. The highest BCUT2D eigenvalue weighted by molar-refractivity contribution is 5.37. The number of nitro benzene ring substituents is 1. The number of nitrogens with zero attached hydrogens (tertiary/aromatic N) is 1. The van der Waals surface area contributed by atoms with Crippen molar-refractivity contribution in [2.24, 2.45) is 5.73 Å². The molecule has 0 fully saturated rings. The Bertz CT molecular complexity index is 339. The summed E-state index contributed by atoms with van der Waals surface area (Å²) in [5, 5.41) is 10.3. The second-order valence-electron chi connectivity index (χ2n) is 2.76. The Morgan fingerprint density at radius 1 is 1.62 bits per heavy atom. The molecule has 1 atom stereocenters. The van der Waals surface area contributed by atoms with Gasteiger partial charge in [0.05, 0.1) is 4.92 Å². The number of rotatable bonds is 2. The molecule has 0 heterocycles. The number of hydrogen-bond donors (Lipinski definition) is 1. The van der Waals surface area contributed by atoms with Crippen molar-refractivity contribution in [1.82, 2.24) is 0 Å². The van der Waals surface area contributed by atoms with E-state index in [9.17, 15) is 14.5 Å². The normalized spacial score (nSPS) is 12.5. The van der Waals surface area contributed by atoms with Crippen LogP contribution < -0.4 is 5.73 Å². The standard InChI is InChI=1S/C8H9FN2O2/c1-5(10)6-2-3-7(9)8(4-6)11(12)13/h2-5H,10H2,1H3/t5-/m1/s1. The fourth-order valence-electron chi connectivity index (χ4n) is 0.953. The first-order valence-electron chi connectivity index (χ1n) is 3.72. The Hall–Kier alpha value is -1.49. The lowest BCUT2D eigenvalue weighted by molar-refractivity contribution is -0.387. The predicted octanol–water partition coefficient (Wildman–Crippen LogP) is 1.75. The van der Waals surface area contributed by atoms with Gasteiger partial charge >= 0.3 is 5.69 Å². The first-order chi connectivity index (χ1) is 6.02. The van der Waals surface area contributed by atoms with Crippen molar-refractivity contribution in [2.45, 2.75) is 13.0 Å². The van der Waals surface area contributed by atoms with Gasteiger partial charge in [-0.05, 0) is 18.6 Å². The molecule has 0 saturated heterocycles. The largest absolute Gasteiger partial charge is 0.324 e. The van der Waals surface area contributed by atoms with Gasteiger partial charge in [0.2, 0.25) is 5.82 Å². The molecule has 0 aliphatic heterocycles. The molecule has 1 aromatic rings. The molecule has 0 aromatic heterocycles. The summed E-state index contributed by atoms with van der Waals surface area (Å²) in [7, 11) is 0. The van der Waals surface area contributed by atoms with Crippen molar-refractivity contribution < 1.29 is 9.31 Å². The van der Waals surface area contributed by atoms with Crippen molar-refractivity contribution >= 4 is 5.69 Å². The van der Waals surface area contributed by atoms with Crippen LogP contribution in [-0.4, -0.2) is 4.92 Å². The lowest BCUT2D eigenvalue weighted by atomic mass is 10.1. The van der Waals surface area contributed by atoms with Crippen LogP contribution in [0.2, 0.25) is 0 Å². The molecule has 1 aromatic carbocycles. The highest BCUT2D eigenvalue weighted by atomic mass is 19.1. The second-order valence-corrected chi connectivity index (χ2v) is 2.76. The Morgan fingerprint density at radius 3 is 2.69 bits per heavy atom. The van der Waals surface area contributed by atoms with Gasteiger partial charge in [-0.15, -0.1) is 0 Å². The molecule has 0 aliphatic rings. The fourth-order valence-corrected chi connectivity index (χ4v) is 0.953. The van der Waals surface area contributed by atoms with Crippen LogP contribution in [0.4, 0.5) is 10.1 Å². The zero-order valence-corrected chi connectivity index (χ0v) is 7.03. The van der Waals surface area contributed by atoms with Crippen LogP contribution in [0, 0.1) is 15.9 Å². The molecule has 0 spiro atoms. The summed E-state index contributed by atoms with van der Waals surface area (Å²) in [6.07, 6.45) is 0. The highest BCUT2D eigenvalue weighted by Crippen LogP contribution is 2.21. The van der Waals surface area contributed by atoms with Crippen molar-refractivity contribution in [3.05, 3.63) is 39.7 Å². The average Bonchev–Trinajstić information content (AvgIpc) is 2.04. The van der Waals surface area contributed by atoms with Gasteiger partial charge in [0, 0.05) is 12.1 Å². The molecule has 0 saturated carbocycles. The second kappa shape index (κ2) is 3.49. The summed E-state index contributed by atoms with van der Waals surface area (Å²) < 4.78 is 12.8. The maximum absolute atomic E-state index is 12.8. The van der Waals surface area contributed by atoms with Gasteiger partial charge in [-0.1, -0.05) is 6.07 Å². The molecule has 2 N–H and O–H groups in total. The van der Waals surface area contributed by atoms with Crippen LogP contribution in [-0.2, 0) is 0 Å². The predicted molar refractivity (Wildman–Crippen MR) is 45.7 cm³/mol. The van der Waals surface area contributed by atoms with E-state index in [-0.39, 0.29) is 6.04 Å². The maximum Gasteiger partial charge on any atom is 0.305 e. The smallest absolute Gasteiger partial charge is 0.305 e. The summed E-state index contributed by atoms with van der Waals surface area (Å²) in [5.74, 6) is -0.839. The Morgan fingerprint density at radius 2 is 2.23 bits per heavy atom. The highest BCUT2D eigenvalue weighted by Gasteiger charge is 2.15. The van der Waals surface area contributed by atoms with E-state index in [0.29, 0.717) is 5.56 Å². The van der Waals surface area contributed by atoms with E-state index in [0.717, 1.165) is 12.1 Å². The lowest BCUT2D eigenvalue weighted by Gasteiger charge is -2.04. The minimum Gasteiger partial charge on any atom is -0.324 e. The summed E-state index contributed by atoms with van der Waals surface area (Å²) in [6, 6.07) is 3.31. The monoisotopic (exact) mass is 184 g/mol. The van der Waals surface area contributed by atoms with Gasteiger partial charge in [0.25, 0.3) is 0 Å². The van der Waals surface area contributed by atoms with Gasteiger partial charge in [0.1, 0.15) is 0 Å². The minimum atomic E-state index is -0.839. The Balaban J connectivity index is 3.19. The van der Waals surface area contributed by atoms with Gasteiger partial charge in [-0.2, -0.15) is 4.39 Å². The molecule has 0 radical (unpaired) electrons. The van der Waals surface area contributed by atoms with Crippen molar-refractivity contribution in [3.63, 3.8) is 0 Å². The molecular formula is C8H9FN2O2. The summed E-state index contributed by atoms with van der Waals surface area (Å²) in [4.78, 5) is 9.56. The van der Waals surface area contributed by atoms with Gasteiger partial charge in [0.15, 0.2) is 0 Å². The molecular weight excluding hydrogens is 175 g/mol. The summed E-state index contributed by atoms with van der Waals surface area (Å²) >= 11 is 0. The van der Waals surface area contributed by atoms with Crippen molar-refractivity contribution in [3.8, 4) is 0 Å². The molecule has 70 valence electrons. The number of hydrogen-bond acceptors (Lipinski definition) is 3. The van der Waals surface area contributed by atoms with E-state index in [1.807, 2.05) is 0 Å². The molecule has 0 aliphatic carbocycles. The third kappa shape index (κ3) is 2.00. The molecule has 0 bridgehead atoms. The first-order valence-corrected chi connectivity index (χ1v) is 3.72. The van der Waals surface area contributed by atoms with Crippen LogP contribution in [0.15, 0.2) is 18.2 Å². The minimum absolute atomic E-state index is 0.334. The van der Waals surface area contributed by atoms with E-state index in [4.69, 9.17) is 5.73 Å². The molecule has 0 amide bonds. The zero-order chi connectivity index (χ0) is 10.0. The van der Waals surface area contributed by atoms with E-state index in [1.165, 1.54) is 6.07 Å². The third-order valence-electron chi connectivity index (χ3n) is 1.69. The Labute approximate surface area is 74.3 Å². The van der Waals surface area contributed by atoms with Crippen molar-refractivity contribution in [2.75, 3.05) is 0 Å². The van der Waals surface area contributed by atoms with Crippen LogP contribution in [0.3, 0.4) is 0 Å². The van der Waals surface area contributed by atoms with Crippen molar-refractivity contribution in [1.29, 1.82) is 0 Å². The molecule has 0 unspecified atom stereocenters. The lowest BCUT2D eigenvalue weighted by Crippen LogP contribution is -2.05. The SMILES string of the molecule is C[C@@H](N)c1ccc(F)c([N+](=O)[O-])c1. The van der Waals surface area contributed by atoms with Crippen LogP contribution in [0.1, 0.15) is 18.5 Å². The molecule has 4 nitrogen and oxygen atoms in total. The Kier molecular flexibility index (Phi) is 2.57. The van der Waals surface area contributed by atoms with Gasteiger partial charge in [-0.25, -0.2) is 0 Å². The van der Waals surface area contributed by atoms with E-state index in [2.05, 4.69) is 0 Å². The topological polar surface area (TPSA) is 69.2 Å². The van der Waals surface area contributed by atoms with Crippen LogP contribution in [0.25, 0.3) is 0 Å².